The Kier molecular flexibility index (Phi) is 5.59. The van der Waals surface area contributed by atoms with Crippen molar-refractivity contribution < 1.29 is 22.7 Å². The number of nitrogens with zero attached hydrogens (tertiary/aromatic N) is 4. The Hall–Kier alpha value is -3.01. The van der Waals surface area contributed by atoms with Crippen molar-refractivity contribution in [2.45, 2.75) is 19.1 Å². The molecule has 28 heavy (non-hydrogen) atoms. The largest absolute Gasteiger partial charge is 0.408 e. The summed E-state index contributed by atoms with van der Waals surface area (Å²) >= 11 is 0. The first-order valence-electron chi connectivity index (χ1n) is 8.39. The van der Waals surface area contributed by atoms with Crippen molar-refractivity contribution in [2.75, 3.05) is 18.5 Å². The van der Waals surface area contributed by atoms with E-state index in [0.717, 1.165) is 17.8 Å². The van der Waals surface area contributed by atoms with Gasteiger partial charge in [-0.2, -0.15) is 13.2 Å². The maximum absolute atomic E-state index is 13.4. The number of imidazole rings is 1. The van der Waals surface area contributed by atoms with Crippen LogP contribution in [0.1, 0.15) is 13.0 Å². The summed E-state index contributed by atoms with van der Waals surface area (Å²) in [4.78, 5) is 12.4. The minimum absolute atomic E-state index is 0.130. The van der Waals surface area contributed by atoms with Gasteiger partial charge in [-0.1, -0.05) is 0 Å². The van der Waals surface area contributed by atoms with Gasteiger partial charge in [-0.05, 0) is 37.3 Å². The topological polar surface area (TPSA) is 75.9 Å². The molecule has 2 heterocycles. The summed E-state index contributed by atoms with van der Waals surface area (Å²) in [6.07, 6.45) is -2.01. The number of nitrogens with one attached hydrogen (secondary N) is 1. The first-order chi connectivity index (χ1) is 13.3. The summed E-state index contributed by atoms with van der Waals surface area (Å²) in [5.41, 5.74) is 1.03. The highest BCUT2D eigenvalue weighted by Gasteiger charge is 2.39. The van der Waals surface area contributed by atoms with Gasteiger partial charge in [-0.3, -0.25) is 0 Å². The molecule has 2 aromatic heterocycles. The molecule has 3 rings (SSSR count). The molecule has 0 saturated heterocycles. The minimum Gasteiger partial charge on any atom is -0.395 e. The summed E-state index contributed by atoms with van der Waals surface area (Å²) in [5, 5.41) is 11.7. The molecule has 0 radical (unpaired) electrons. The van der Waals surface area contributed by atoms with E-state index in [0.29, 0.717) is 5.56 Å². The Labute approximate surface area is 157 Å². The standard InChI is InChI=1S/C18H17F4N5O/c1-11(18(20,21)22)27-10-25-15(12-2-4-13(19)5-3-12)16(27)14-6-7-23-17(26-14)24-8-9-28/h2-7,10-11,28H,8-9H2,1H3,(H,23,24,26). The molecule has 0 aliphatic rings. The van der Waals surface area contributed by atoms with Gasteiger partial charge in [0.2, 0.25) is 5.95 Å². The molecule has 2 N–H and O–H groups in total. The van der Waals surface area contributed by atoms with Gasteiger partial charge in [0.15, 0.2) is 0 Å². The van der Waals surface area contributed by atoms with Crippen LogP contribution in [0.4, 0.5) is 23.5 Å². The van der Waals surface area contributed by atoms with Crippen LogP contribution in [0, 0.1) is 5.82 Å². The van der Waals surface area contributed by atoms with E-state index in [2.05, 4.69) is 20.3 Å². The molecule has 10 heteroatoms. The van der Waals surface area contributed by atoms with Crippen molar-refractivity contribution in [1.29, 1.82) is 0 Å². The van der Waals surface area contributed by atoms with Crippen molar-refractivity contribution in [3.63, 3.8) is 0 Å². The Morgan fingerprint density at radius 3 is 2.50 bits per heavy atom. The lowest BCUT2D eigenvalue weighted by atomic mass is 10.1. The fraction of sp³-hybridized carbons (Fsp3) is 0.278. The molecule has 1 atom stereocenters. The van der Waals surface area contributed by atoms with E-state index in [1.54, 1.807) is 0 Å². The zero-order chi connectivity index (χ0) is 20.3. The molecule has 0 saturated carbocycles. The number of alkyl halides is 3. The average molecular weight is 395 g/mol. The summed E-state index contributed by atoms with van der Waals surface area (Å²) in [5.74, 6) is -0.310. The molecule has 0 fully saturated rings. The highest BCUT2D eigenvalue weighted by Crippen LogP contribution is 2.37. The normalized spacial score (nSPS) is 12.8. The van der Waals surface area contributed by atoms with Crippen LogP contribution < -0.4 is 5.32 Å². The zero-order valence-corrected chi connectivity index (χ0v) is 14.8. The van der Waals surface area contributed by atoms with Crippen molar-refractivity contribution >= 4 is 5.95 Å². The van der Waals surface area contributed by atoms with Crippen molar-refractivity contribution in [1.82, 2.24) is 19.5 Å². The Morgan fingerprint density at radius 1 is 1.14 bits per heavy atom. The number of hydrogen-bond acceptors (Lipinski definition) is 5. The highest BCUT2D eigenvalue weighted by atomic mass is 19.4. The van der Waals surface area contributed by atoms with Crippen LogP contribution in [0.2, 0.25) is 0 Å². The number of aromatic nitrogens is 4. The average Bonchev–Trinajstić information content (AvgIpc) is 3.10. The van der Waals surface area contributed by atoms with Crippen LogP contribution in [-0.2, 0) is 0 Å². The molecule has 0 amide bonds. The number of anilines is 1. The lowest BCUT2D eigenvalue weighted by molar-refractivity contribution is -0.162. The number of hydrogen-bond donors (Lipinski definition) is 2. The maximum atomic E-state index is 13.4. The van der Waals surface area contributed by atoms with E-state index in [1.165, 1.54) is 36.5 Å². The molecule has 1 unspecified atom stereocenters. The zero-order valence-electron chi connectivity index (χ0n) is 14.8. The Bertz CT molecular complexity index is 940. The third-order valence-corrected chi connectivity index (χ3v) is 4.10. The lowest BCUT2D eigenvalue weighted by Gasteiger charge is -2.20. The second kappa shape index (κ2) is 7.93. The highest BCUT2D eigenvalue weighted by molar-refractivity contribution is 5.77. The van der Waals surface area contributed by atoms with Crippen LogP contribution in [0.5, 0.6) is 0 Å². The lowest BCUT2D eigenvalue weighted by Crippen LogP contribution is -2.24. The van der Waals surface area contributed by atoms with Gasteiger partial charge in [-0.25, -0.2) is 19.3 Å². The molecule has 1 aromatic carbocycles. The summed E-state index contributed by atoms with van der Waals surface area (Å²) < 4.78 is 54.4. The minimum atomic E-state index is -4.50. The van der Waals surface area contributed by atoms with Crippen molar-refractivity contribution in [3.05, 3.63) is 48.7 Å². The predicted octanol–water partition coefficient (Wildman–Crippen LogP) is 3.67. The fourth-order valence-electron chi connectivity index (χ4n) is 2.63. The fourth-order valence-corrected chi connectivity index (χ4v) is 2.63. The van der Waals surface area contributed by atoms with Gasteiger partial charge in [-0.15, -0.1) is 0 Å². The van der Waals surface area contributed by atoms with Gasteiger partial charge in [0.05, 0.1) is 30.0 Å². The predicted molar refractivity (Wildman–Crippen MR) is 95.0 cm³/mol. The third kappa shape index (κ3) is 4.11. The Balaban J connectivity index is 2.16. The van der Waals surface area contributed by atoms with Gasteiger partial charge >= 0.3 is 6.18 Å². The van der Waals surface area contributed by atoms with Gasteiger partial charge in [0.25, 0.3) is 0 Å². The number of halogens is 4. The van der Waals surface area contributed by atoms with E-state index in [-0.39, 0.29) is 36.2 Å². The Morgan fingerprint density at radius 2 is 1.86 bits per heavy atom. The smallest absolute Gasteiger partial charge is 0.395 e. The number of aliphatic hydroxyl groups excluding tert-OH is 1. The molecule has 6 nitrogen and oxygen atoms in total. The maximum Gasteiger partial charge on any atom is 0.408 e. The second-order valence-corrected chi connectivity index (χ2v) is 5.99. The van der Waals surface area contributed by atoms with E-state index >= 15 is 0 Å². The van der Waals surface area contributed by atoms with Gasteiger partial charge in [0, 0.05) is 18.3 Å². The molecule has 0 spiro atoms. The van der Waals surface area contributed by atoms with Crippen molar-refractivity contribution in [3.8, 4) is 22.6 Å². The quantitative estimate of drug-likeness (QED) is 0.623. The van der Waals surface area contributed by atoms with Crippen LogP contribution in [0.15, 0.2) is 42.9 Å². The molecular formula is C18H17F4N5O. The van der Waals surface area contributed by atoms with E-state index in [9.17, 15) is 17.6 Å². The number of benzene rings is 1. The third-order valence-electron chi connectivity index (χ3n) is 4.10. The van der Waals surface area contributed by atoms with Crippen LogP contribution in [0.25, 0.3) is 22.6 Å². The number of rotatable bonds is 6. The summed E-state index contributed by atoms with van der Waals surface area (Å²) in [7, 11) is 0. The molecule has 0 aliphatic heterocycles. The molecule has 0 aliphatic carbocycles. The molecular weight excluding hydrogens is 378 g/mol. The van der Waals surface area contributed by atoms with E-state index in [4.69, 9.17) is 5.11 Å². The van der Waals surface area contributed by atoms with E-state index in [1.807, 2.05) is 0 Å². The van der Waals surface area contributed by atoms with Crippen LogP contribution in [-0.4, -0.2) is 44.0 Å². The van der Waals surface area contributed by atoms with Crippen LogP contribution in [0.3, 0.4) is 0 Å². The monoisotopic (exact) mass is 395 g/mol. The SMILES string of the molecule is CC(n1cnc(-c2ccc(F)cc2)c1-c1ccnc(NCCO)n1)C(F)(F)F. The van der Waals surface area contributed by atoms with Gasteiger partial charge in [0.1, 0.15) is 11.9 Å². The van der Waals surface area contributed by atoms with Crippen LogP contribution >= 0.6 is 0 Å². The van der Waals surface area contributed by atoms with Crippen molar-refractivity contribution in [2.24, 2.45) is 0 Å². The van der Waals surface area contributed by atoms with E-state index < -0.39 is 18.0 Å². The summed E-state index contributed by atoms with van der Waals surface area (Å²) in [6, 6.07) is 4.91. The second-order valence-electron chi connectivity index (χ2n) is 5.99. The first kappa shape index (κ1) is 19.7. The first-order valence-corrected chi connectivity index (χ1v) is 8.39. The molecule has 0 bridgehead atoms. The number of aliphatic hydroxyl groups is 1. The molecule has 148 valence electrons. The summed E-state index contributed by atoms with van der Waals surface area (Å²) in [6.45, 7) is 1.05. The molecule has 3 aromatic rings. The van der Waals surface area contributed by atoms with Gasteiger partial charge < -0.3 is 15.0 Å².